The molecule has 0 aliphatic rings. The van der Waals surface area contributed by atoms with E-state index in [1.807, 2.05) is 24.3 Å². The predicted octanol–water partition coefficient (Wildman–Crippen LogP) is 1.40. The van der Waals surface area contributed by atoms with Crippen LogP contribution >= 0.6 is 0 Å². The summed E-state index contributed by atoms with van der Waals surface area (Å²) < 4.78 is 1.75. The van der Waals surface area contributed by atoms with Crippen LogP contribution in [0.4, 0.5) is 5.69 Å². The molecule has 1 amide bonds. The quantitative estimate of drug-likeness (QED) is 0.835. The van der Waals surface area contributed by atoms with Crippen LogP contribution < -0.4 is 5.73 Å². The molecule has 0 aliphatic carbocycles. The van der Waals surface area contributed by atoms with Crippen LogP contribution in [0.1, 0.15) is 12.8 Å². The Morgan fingerprint density at radius 2 is 2.20 bits per heavy atom. The zero-order valence-electron chi connectivity index (χ0n) is 11.8. The maximum Gasteiger partial charge on any atom is 0.222 e. The molecule has 0 unspecified atom stereocenters. The van der Waals surface area contributed by atoms with Gasteiger partial charge >= 0.3 is 0 Å². The van der Waals surface area contributed by atoms with Gasteiger partial charge in [-0.3, -0.25) is 9.48 Å². The van der Waals surface area contributed by atoms with Crippen LogP contribution in [-0.2, 0) is 11.3 Å². The summed E-state index contributed by atoms with van der Waals surface area (Å²) in [5, 5.41) is 4.39. The first-order valence-corrected chi connectivity index (χ1v) is 6.52. The van der Waals surface area contributed by atoms with Crippen LogP contribution in [0, 0.1) is 0 Å². The molecule has 6 heteroatoms. The van der Waals surface area contributed by atoms with E-state index in [0.717, 1.165) is 12.0 Å². The van der Waals surface area contributed by atoms with Gasteiger partial charge in [0.2, 0.25) is 5.91 Å². The Morgan fingerprint density at radius 3 is 2.90 bits per heavy atom. The molecule has 6 nitrogen and oxygen atoms in total. The van der Waals surface area contributed by atoms with Crippen molar-refractivity contribution in [1.82, 2.24) is 19.7 Å². The van der Waals surface area contributed by atoms with Gasteiger partial charge in [-0.25, -0.2) is 4.98 Å². The van der Waals surface area contributed by atoms with Gasteiger partial charge in [0.05, 0.1) is 0 Å². The molecule has 0 saturated carbocycles. The normalized spacial score (nSPS) is 10.5. The fraction of sp³-hybridized carbons (Fsp3) is 0.357. The molecule has 106 valence electrons. The Labute approximate surface area is 118 Å². The van der Waals surface area contributed by atoms with Crippen molar-refractivity contribution in [1.29, 1.82) is 0 Å². The van der Waals surface area contributed by atoms with Crippen LogP contribution in [0.2, 0.25) is 0 Å². The maximum absolute atomic E-state index is 11.5. The van der Waals surface area contributed by atoms with Gasteiger partial charge in [0.15, 0.2) is 5.82 Å². The lowest BCUT2D eigenvalue weighted by Crippen LogP contribution is -2.21. The van der Waals surface area contributed by atoms with E-state index in [1.165, 1.54) is 0 Å². The third-order valence-electron chi connectivity index (χ3n) is 2.96. The highest BCUT2D eigenvalue weighted by atomic mass is 16.2. The summed E-state index contributed by atoms with van der Waals surface area (Å²) in [5.41, 5.74) is 7.33. The number of nitrogens with zero attached hydrogens (tertiary/aromatic N) is 4. The van der Waals surface area contributed by atoms with Crippen molar-refractivity contribution in [2.24, 2.45) is 0 Å². The van der Waals surface area contributed by atoms with E-state index in [4.69, 9.17) is 5.73 Å². The first kappa shape index (κ1) is 14.0. The van der Waals surface area contributed by atoms with Gasteiger partial charge in [0.25, 0.3) is 0 Å². The molecular formula is C14H19N5O. The number of rotatable bonds is 5. The summed E-state index contributed by atoms with van der Waals surface area (Å²) in [6.45, 7) is 0.675. The maximum atomic E-state index is 11.5. The average Bonchev–Trinajstić information content (AvgIpc) is 2.87. The smallest absolute Gasteiger partial charge is 0.222 e. The Hall–Kier alpha value is -2.37. The van der Waals surface area contributed by atoms with Crippen LogP contribution in [0.25, 0.3) is 11.4 Å². The average molecular weight is 273 g/mol. The summed E-state index contributed by atoms with van der Waals surface area (Å²) >= 11 is 0. The van der Waals surface area contributed by atoms with Gasteiger partial charge < -0.3 is 10.6 Å². The summed E-state index contributed by atoms with van der Waals surface area (Å²) in [5.74, 6) is 0.775. The number of aromatic nitrogens is 3. The van der Waals surface area contributed by atoms with Crippen LogP contribution in [0.5, 0.6) is 0 Å². The summed E-state index contributed by atoms with van der Waals surface area (Å²) in [6.07, 6.45) is 2.94. The number of aryl methyl sites for hydroxylation is 1. The van der Waals surface area contributed by atoms with Crippen LogP contribution in [0.15, 0.2) is 30.6 Å². The zero-order valence-corrected chi connectivity index (χ0v) is 11.8. The molecule has 0 fully saturated rings. The van der Waals surface area contributed by atoms with Crippen LogP contribution in [-0.4, -0.2) is 39.7 Å². The zero-order chi connectivity index (χ0) is 14.5. The van der Waals surface area contributed by atoms with E-state index in [-0.39, 0.29) is 5.91 Å². The van der Waals surface area contributed by atoms with E-state index >= 15 is 0 Å². The van der Waals surface area contributed by atoms with E-state index in [0.29, 0.717) is 24.5 Å². The number of carbonyl (C=O) groups is 1. The molecule has 1 heterocycles. The van der Waals surface area contributed by atoms with E-state index in [9.17, 15) is 4.79 Å². The molecule has 2 N–H and O–H groups in total. The lowest BCUT2D eigenvalue weighted by molar-refractivity contribution is -0.128. The van der Waals surface area contributed by atoms with Gasteiger partial charge in [0.1, 0.15) is 6.33 Å². The molecule has 0 atom stereocenters. The Bertz CT molecular complexity index is 591. The van der Waals surface area contributed by atoms with Crippen molar-refractivity contribution >= 4 is 11.6 Å². The second-order valence-electron chi connectivity index (χ2n) is 4.85. The number of hydrogen-bond acceptors (Lipinski definition) is 4. The van der Waals surface area contributed by atoms with Crippen LogP contribution in [0.3, 0.4) is 0 Å². The highest BCUT2D eigenvalue weighted by Crippen LogP contribution is 2.17. The number of anilines is 1. The van der Waals surface area contributed by atoms with Gasteiger partial charge in [-0.15, -0.1) is 0 Å². The SMILES string of the molecule is CN(C)C(=O)CCCn1cnc(-c2cccc(N)c2)n1. The van der Waals surface area contributed by atoms with Gasteiger partial charge in [-0.05, 0) is 18.6 Å². The third-order valence-corrected chi connectivity index (χ3v) is 2.96. The number of amides is 1. The van der Waals surface area contributed by atoms with E-state index < -0.39 is 0 Å². The molecule has 0 spiro atoms. The number of nitrogen functional groups attached to an aromatic ring is 1. The first-order chi connectivity index (χ1) is 9.56. The second kappa shape index (κ2) is 6.18. The molecule has 0 aliphatic heterocycles. The minimum Gasteiger partial charge on any atom is -0.399 e. The molecule has 0 radical (unpaired) electrons. The lowest BCUT2D eigenvalue weighted by atomic mass is 10.2. The van der Waals surface area contributed by atoms with Crippen molar-refractivity contribution in [3.05, 3.63) is 30.6 Å². The Balaban J connectivity index is 1.94. The fourth-order valence-electron chi connectivity index (χ4n) is 1.83. The Morgan fingerprint density at radius 1 is 1.40 bits per heavy atom. The highest BCUT2D eigenvalue weighted by Gasteiger charge is 2.06. The van der Waals surface area contributed by atoms with Gasteiger partial charge in [-0.1, -0.05) is 12.1 Å². The number of nitrogens with two attached hydrogens (primary N) is 1. The van der Waals surface area contributed by atoms with Crippen molar-refractivity contribution in [2.45, 2.75) is 19.4 Å². The minimum atomic E-state index is 0.126. The fourth-order valence-corrected chi connectivity index (χ4v) is 1.83. The molecule has 2 rings (SSSR count). The van der Waals surface area contributed by atoms with Crippen molar-refractivity contribution in [3.63, 3.8) is 0 Å². The second-order valence-corrected chi connectivity index (χ2v) is 4.85. The monoisotopic (exact) mass is 273 g/mol. The predicted molar refractivity (Wildman–Crippen MR) is 77.8 cm³/mol. The molecule has 1 aromatic carbocycles. The number of benzene rings is 1. The topological polar surface area (TPSA) is 77.0 Å². The minimum absolute atomic E-state index is 0.126. The Kier molecular flexibility index (Phi) is 4.34. The largest absolute Gasteiger partial charge is 0.399 e. The van der Waals surface area contributed by atoms with E-state index in [1.54, 1.807) is 30.0 Å². The van der Waals surface area contributed by atoms with Crippen molar-refractivity contribution < 1.29 is 4.79 Å². The molecule has 20 heavy (non-hydrogen) atoms. The summed E-state index contributed by atoms with van der Waals surface area (Å²) in [4.78, 5) is 17.3. The van der Waals surface area contributed by atoms with Crippen molar-refractivity contribution in [2.75, 3.05) is 19.8 Å². The number of hydrogen-bond donors (Lipinski definition) is 1. The summed E-state index contributed by atoms with van der Waals surface area (Å²) in [7, 11) is 3.52. The van der Waals surface area contributed by atoms with Gasteiger partial charge in [-0.2, -0.15) is 5.10 Å². The third kappa shape index (κ3) is 3.57. The summed E-state index contributed by atoms with van der Waals surface area (Å²) in [6, 6.07) is 7.47. The lowest BCUT2D eigenvalue weighted by Gasteiger charge is -2.09. The first-order valence-electron chi connectivity index (χ1n) is 6.52. The number of carbonyl (C=O) groups excluding carboxylic acids is 1. The van der Waals surface area contributed by atoms with Gasteiger partial charge in [0, 0.05) is 38.3 Å². The van der Waals surface area contributed by atoms with Crippen molar-refractivity contribution in [3.8, 4) is 11.4 Å². The molecule has 0 saturated heterocycles. The molecule has 0 bridgehead atoms. The van der Waals surface area contributed by atoms with E-state index in [2.05, 4.69) is 10.1 Å². The molecule has 1 aromatic heterocycles. The molecule has 2 aromatic rings. The molecular weight excluding hydrogens is 254 g/mol. The standard InChI is InChI=1S/C14H19N5O/c1-18(2)13(20)7-4-8-19-10-16-14(17-19)11-5-3-6-12(15)9-11/h3,5-6,9-10H,4,7-8,15H2,1-2H3. The highest BCUT2D eigenvalue weighted by molar-refractivity contribution is 5.75.